The zero-order valence-electron chi connectivity index (χ0n) is 22.8. The van der Waals surface area contributed by atoms with E-state index < -0.39 is 6.03 Å². The molecule has 0 bridgehead atoms. The molecule has 0 aliphatic carbocycles. The number of pyridine rings is 1. The number of fused-ring (bicyclic) bond motifs is 1. The van der Waals surface area contributed by atoms with Crippen molar-refractivity contribution in [2.45, 2.75) is 13.5 Å². The van der Waals surface area contributed by atoms with Gasteiger partial charge in [-0.05, 0) is 67.6 Å². The lowest BCUT2D eigenvalue weighted by Gasteiger charge is -2.27. The first-order valence-electron chi connectivity index (χ1n) is 13.5. The first-order valence-corrected chi connectivity index (χ1v) is 13.5. The summed E-state index contributed by atoms with van der Waals surface area (Å²) in [5, 5.41) is 17.0. The molecule has 212 valence electrons. The van der Waals surface area contributed by atoms with Gasteiger partial charge in [0, 0.05) is 60.2 Å². The van der Waals surface area contributed by atoms with Crippen LogP contribution in [0.3, 0.4) is 0 Å². The highest BCUT2D eigenvalue weighted by Gasteiger charge is 2.21. The molecule has 6 rings (SSSR count). The van der Waals surface area contributed by atoms with Crippen molar-refractivity contribution in [1.29, 1.82) is 0 Å². The summed E-state index contributed by atoms with van der Waals surface area (Å²) in [5.74, 6) is 1.05. The normalized spacial score (nSPS) is 13.1. The number of hydrogen-bond donors (Lipinski definition) is 3. The van der Waals surface area contributed by atoms with Crippen molar-refractivity contribution in [3.05, 3.63) is 78.6 Å². The number of nitrogens with one attached hydrogen (secondary N) is 3. The molecule has 5 aromatic rings. The standard InChI is InChI=1S/C29H28N10O3/c1-2-39-27-24(36-37-39)26(38-15-17-42-18-16-38)34-25(35-27)19-3-5-22(6-4-19)32-29(41)33-23-9-7-21(8-10-23)31-28(40)20-11-13-30-14-12-20/h3-14H,2,15-18H2,1H3,(H,31,40)(H2,32,33,41). The predicted octanol–water partition coefficient (Wildman–Crippen LogP) is 4.04. The van der Waals surface area contributed by atoms with Gasteiger partial charge in [-0.1, -0.05) is 5.21 Å². The number of urea groups is 1. The van der Waals surface area contributed by atoms with Gasteiger partial charge in [0.1, 0.15) is 0 Å². The van der Waals surface area contributed by atoms with Crippen LogP contribution in [0.15, 0.2) is 73.1 Å². The van der Waals surface area contributed by atoms with Gasteiger partial charge in [-0.25, -0.2) is 19.4 Å². The van der Waals surface area contributed by atoms with Crippen LogP contribution in [0.4, 0.5) is 27.7 Å². The maximum atomic E-state index is 12.6. The van der Waals surface area contributed by atoms with E-state index in [1.165, 1.54) is 0 Å². The Hall–Kier alpha value is -5.43. The van der Waals surface area contributed by atoms with E-state index in [0.717, 1.165) is 11.4 Å². The smallest absolute Gasteiger partial charge is 0.323 e. The predicted molar refractivity (Wildman–Crippen MR) is 159 cm³/mol. The summed E-state index contributed by atoms with van der Waals surface area (Å²) in [6.45, 7) is 5.30. The molecule has 3 amide bonds. The molecular formula is C29H28N10O3. The summed E-state index contributed by atoms with van der Waals surface area (Å²) in [4.78, 5) is 40.6. The van der Waals surface area contributed by atoms with Crippen molar-refractivity contribution >= 4 is 46.0 Å². The van der Waals surface area contributed by atoms with Gasteiger partial charge >= 0.3 is 6.03 Å². The first kappa shape index (κ1) is 26.8. The number of aromatic nitrogens is 6. The average Bonchev–Trinajstić information content (AvgIpc) is 3.46. The Morgan fingerprint density at radius 2 is 1.45 bits per heavy atom. The van der Waals surface area contributed by atoms with Crippen molar-refractivity contribution in [2.75, 3.05) is 47.2 Å². The minimum absolute atomic E-state index is 0.241. The van der Waals surface area contributed by atoms with Crippen LogP contribution in [0.2, 0.25) is 0 Å². The Morgan fingerprint density at radius 3 is 2.10 bits per heavy atom. The molecule has 42 heavy (non-hydrogen) atoms. The third kappa shape index (κ3) is 5.86. The number of benzene rings is 2. The summed E-state index contributed by atoms with van der Waals surface area (Å²) in [5.41, 5.74) is 4.43. The molecular weight excluding hydrogens is 536 g/mol. The number of aryl methyl sites for hydroxylation is 1. The van der Waals surface area contributed by atoms with Crippen LogP contribution in [-0.2, 0) is 11.3 Å². The molecule has 1 aliphatic heterocycles. The summed E-state index contributed by atoms with van der Waals surface area (Å²) in [6.07, 6.45) is 3.12. The molecule has 0 radical (unpaired) electrons. The Bertz CT molecular complexity index is 1700. The first-order chi connectivity index (χ1) is 20.6. The van der Waals surface area contributed by atoms with Crippen LogP contribution in [0.5, 0.6) is 0 Å². The highest BCUT2D eigenvalue weighted by molar-refractivity contribution is 6.04. The van der Waals surface area contributed by atoms with Gasteiger partial charge in [-0.2, -0.15) is 0 Å². The summed E-state index contributed by atoms with van der Waals surface area (Å²) >= 11 is 0. The topological polar surface area (TPSA) is 152 Å². The molecule has 13 nitrogen and oxygen atoms in total. The van der Waals surface area contributed by atoms with Crippen LogP contribution in [-0.4, -0.2) is 68.2 Å². The summed E-state index contributed by atoms with van der Waals surface area (Å²) < 4.78 is 7.26. The molecule has 3 aromatic heterocycles. The quantitative estimate of drug-likeness (QED) is 0.266. The number of anilines is 4. The SMILES string of the molecule is CCn1nnc2c(N3CCOCC3)nc(-c3ccc(NC(=O)Nc4ccc(NC(=O)c5ccncc5)cc4)cc3)nc21. The molecule has 0 saturated carbocycles. The lowest BCUT2D eigenvalue weighted by Crippen LogP contribution is -2.37. The molecule has 0 unspecified atom stereocenters. The molecule has 1 fully saturated rings. The Kier molecular flexibility index (Phi) is 7.64. The van der Waals surface area contributed by atoms with Crippen molar-refractivity contribution < 1.29 is 14.3 Å². The number of carbonyl (C=O) groups is 2. The Balaban J connectivity index is 1.12. The zero-order valence-corrected chi connectivity index (χ0v) is 22.8. The fourth-order valence-corrected chi connectivity index (χ4v) is 4.52. The summed E-state index contributed by atoms with van der Waals surface area (Å²) in [7, 11) is 0. The minimum Gasteiger partial charge on any atom is -0.378 e. The molecule has 0 spiro atoms. The van der Waals surface area contributed by atoms with Crippen LogP contribution >= 0.6 is 0 Å². The number of nitrogens with zero attached hydrogens (tertiary/aromatic N) is 7. The van der Waals surface area contributed by atoms with Crippen molar-refractivity contribution in [1.82, 2.24) is 29.9 Å². The van der Waals surface area contributed by atoms with E-state index in [0.29, 0.717) is 72.5 Å². The van der Waals surface area contributed by atoms with E-state index in [4.69, 9.17) is 14.7 Å². The van der Waals surface area contributed by atoms with Gasteiger partial charge in [0.2, 0.25) is 0 Å². The van der Waals surface area contributed by atoms with Crippen molar-refractivity contribution in [2.24, 2.45) is 0 Å². The van der Waals surface area contributed by atoms with E-state index in [2.05, 4.69) is 36.1 Å². The Morgan fingerprint density at radius 1 is 0.833 bits per heavy atom. The average molecular weight is 565 g/mol. The lowest BCUT2D eigenvalue weighted by molar-refractivity contribution is 0.102. The maximum absolute atomic E-state index is 12.6. The van der Waals surface area contributed by atoms with Gasteiger partial charge in [-0.15, -0.1) is 5.10 Å². The zero-order chi connectivity index (χ0) is 28.9. The number of morpholine rings is 1. The molecule has 1 saturated heterocycles. The Labute approximate surface area is 240 Å². The van der Waals surface area contributed by atoms with Gasteiger partial charge in [0.25, 0.3) is 5.91 Å². The number of rotatable bonds is 7. The molecule has 0 atom stereocenters. The third-order valence-corrected chi connectivity index (χ3v) is 6.70. The molecule has 4 heterocycles. The lowest BCUT2D eigenvalue weighted by atomic mass is 10.2. The fraction of sp³-hybridized carbons (Fsp3) is 0.207. The van der Waals surface area contributed by atoms with E-state index in [-0.39, 0.29) is 5.91 Å². The second-order valence-electron chi connectivity index (χ2n) is 9.47. The second kappa shape index (κ2) is 12.0. The van der Waals surface area contributed by atoms with Gasteiger partial charge in [0.15, 0.2) is 22.8 Å². The number of carbonyl (C=O) groups excluding carboxylic acids is 2. The van der Waals surface area contributed by atoms with E-state index in [1.54, 1.807) is 65.6 Å². The maximum Gasteiger partial charge on any atom is 0.323 e. The van der Waals surface area contributed by atoms with E-state index >= 15 is 0 Å². The molecule has 2 aromatic carbocycles. The third-order valence-electron chi connectivity index (χ3n) is 6.70. The van der Waals surface area contributed by atoms with Crippen LogP contribution in [0, 0.1) is 0 Å². The van der Waals surface area contributed by atoms with Gasteiger partial charge in [0.05, 0.1) is 13.2 Å². The van der Waals surface area contributed by atoms with Crippen LogP contribution < -0.4 is 20.9 Å². The highest BCUT2D eigenvalue weighted by atomic mass is 16.5. The number of ether oxygens (including phenoxy) is 1. The summed E-state index contributed by atoms with van der Waals surface area (Å²) in [6, 6.07) is 17.0. The van der Waals surface area contributed by atoms with Crippen molar-refractivity contribution in [3.8, 4) is 11.4 Å². The van der Waals surface area contributed by atoms with E-state index in [1.807, 2.05) is 19.1 Å². The van der Waals surface area contributed by atoms with E-state index in [9.17, 15) is 9.59 Å². The largest absolute Gasteiger partial charge is 0.378 e. The second-order valence-corrected chi connectivity index (χ2v) is 9.47. The minimum atomic E-state index is -0.401. The van der Waals surface area contributed by atoms with Crippen LogP contribution in [0.25, 0.3) is 22.6 Å². The van der Waals surface area contributed by atoms with Crippen LogP contribution in [0.1, 0.15) is 17.3 Å². The number of hydrogen-bond acceptors (Lipinski definition) is 9. The van der Waals surface area contributed by atoms with Gasteiger partial charge < -0.3 is 25.6 Å². The monoisotopic (exact) mass is 564 g/mol. The fourth-order valence-electron chi connectivity index (χ4n) is 4.52. The molecule has 13 heteroatoms. The van der Waals surface area contributed by atoms with Gasteiger partial charge in [-0.3, -0.25) is 9.78 Å². The highest BCUT2D eigenvalue weighted by Crippen LogP contribution is 2.27. The van der Waals surface area contributed by atoms with Crippen molar-refractivity contribution in [3.63, 3.8) is 0 Å². The number of amides is 3. The molecule has 3 N–H and O–H groups in total. The molecule has 1 aliphatic rings.